The molecule has 0 atom stereocenters. The Morgan fingerprint density at radius 3 is 2.32 bits per heavy atom. The second kappa shape index (κ2) is 5.52. The van der Waals surface area contributed by atoms with Gasteiger partial charge in [-0.2, -0.15) is 10.5 Å². The average molecular weight is 251 g/mol. The van der Waals surface area contributed by atoms with Crippen LogP contribution in [0, 0.1) is 22.7 Å². The third kappa shape index (κ3) is 2.99. The summed E-state index contributed by atoms with van der Waals surface area (Å²) in [5.74, 6) is 1.33. The van der Waals surface area contributed by atoms with E-state index in [1.54, 1.807) is 30.3 Å². The summed E-state index contributed by atoms with van der Waals surface area (Å²) in [4.78, 5) is 3.99. The fourth-order valence-electron chi connectivity index (χ4n) is 1.44. The molecule has 0 unspecified atom stereocenters. The van der Waals surface area contributed by atoms with Crippen LogP contribution in [-0.2, 0) is 0 Å². The zero-order valence-electron chi connectivity index (χ0n) is 10.1. The number of nitrogens with zero attached hydrogens (tertiary/aromatic N) is 3. The SMILES string of the molecule is COc1cc(C#N)cc(Oc2ccc(C#N)cn2)c1. The van der Waals surface area contributed by atoms with E-state index in [1.165, 1.54) is 13.3 Å². The number of hydrogen-bond acceptors (Lipinski definition) is 5. The summed E-state index contributed by atoms with van der Waals surface area (Å²) in [6, 6.07) is 12.0. The zero-order valence-corrected chi connectivity index (χ0v) is 10.1. The fraction of sp³-hybridized carbons (Fsp3) is 0.0714. The van der Waals surface area contributed by atoms with Crippen LogP contribution < -0.4 is 9.47 Å². The van der Waals surface area contributed by atoms with Crippen LogP contribution in [0.4, 0.5) is 0 Å². The van der Waals surface area contributed by atoms with Crippen molar-refractivity contribution in [3.8, 4) is 29.5 Å². The lowest BCUT2D eigenvalue weighted by Gasteiger charge is -2.07. The maximum absolute atomic E-state index is 8.90. The Hall–Kier alpha value is -3.05. The van der Waals surface area contributed by atoms with E-state index in [-0.39, 0.29) is 0 Å². The van der Waals surface area contributed by atoms with Crippen LogP contribution in [0.15, 0.2) is 36.5 Å². The molecule has 0 spiro atoms. The molecule has 2 rings (SSSR count). The second-order valence-electron chi connectivity index (χ2n) is 3.61. The Kier molecular flexibility index (Phi) is 3.61. The summed E-state index contributed by atoms with van der Waals surface area (Å²) in [6.07, 6.45) is 1.42. The molecule has 0 bridgehead atoms. The highest BCUT2D eigenvalue weighted by Crippen LogP contribution is 2.26. The molecule has 0 amide bonds. The average Bonchev–Trinajstić information content (AvgIpc) is 2.47. The molecule has 0 N–H and O–H groups in total. The Labute approximate surface area is 110 Å². The first-order chi connectivity index (χ1) is 9.25. The van der Waals surface area contributed by atoms with Gasteiger partial charge in [0.05, 0.1) is 24.3 Å². The number of aromatic nitrogens is 1. The molecule has 0 fully saturated rings. The van der Waals surface area contributed by atoms with Crippen LogP contribution in [0.25, 0.3) is 0 Å². The molecule has 0 aliphatic rings. The Morgan fingerprint density at radius 1 is 1.00 bits per heavy atom. The lowest BCUT2D eigenvalue weighted by atomic mass is 10.2. The van der Waals surface area contributed by atoms with E-state index < -0.39 is 0 Å². The van der Waals surface area contributed by atoms with Crippen LogP contribution >= 0.6 is 0 Å². The molecule has 5 heteroatoms. The van der Waals surface area contributed by atoms with Crippen LogP contribution in [0.1, 0.15) is 11.1 Å². The third-order valence-corrected chi connectivity index (χ3v) is 2.33. The molecule has 0 aliphatic heterocycles. The van der Waals surface area contributed by atoms with Crippen molar-refractivity contribution in [1.29, 1.82) is 10.5 Å². The van der Waals surface area contributed by atoms with Gasteiger partial charge in [0.15, 0.2) is 0 Å². The molecular weight excluding hydrogens is 242 g/mol. The molecular formula is C14H9N3O2. The number of ether oxygens (including phenoxy) is 2. The van der Waals surface area contributed by atoms with Gasteiger partial charge in [0.2, 0.25) is 5.88 Å². The highest BCUT2D eigenvalue weighted by Gasteiger charge is 2.04. The largest absolute Gasteiger partial charge is 0.497 e. The van der Waals surface area contributed by atoms with Gasteiger partial charge in [0, 0.05) is 18.3 Å². The topological polar surface area (TPSA) is 78.9 Å². The minimum Gasteiger partial charge on any atom is -0.497 e. The van der Waals surface area contributed by atoms with Gasteiger partial charge in [-0.15, -0.1) is 0 Å². The predicted octanol–water partition coefficient (Wildman–Crippen LogP) is 2.63. The third-order valence-electron chi connectivity index (χ3n) is 2.33. The van der Waals surface area contributed by atoms with E-state index in [0.29, 0.717) is 28.5 Å². The molecule has 0 aliphatic carbocycles. The van der Waals surface area contributed by atoms with E-state index in [2.05, 4.69) is 4.98 Å². The fourth-order valence-corrected chi connectivity index (χ4v) is 1.44. The normalized spacial score (nSPS) is 9.21. The molecule has 1 aromatic heterocycles. The molecule has 5 nitrogen and oxygen atoms in total. The maximum Gasteiger partial charge on any atom is 0.219 e. The first-order valence-corrected chi connectivity index (χ1v) is 5.38. The zero-order chi connectivity index (χ0) is 13.7. The Bertz CT molecular complexity index is 667. The minimum absolute atomic E-state index is 0.344. The standard InChI is InChI=1S/C14H9N3O2/c1-18-12-4-11(8-16)5-13(6-12)19-14-3-2-10(7-15)9-17-14/h2-6,9H,1H3. The smallest absolute Gasteiger partial charge is 0.219 e. The van der Waals surface area contributed by atoms with Crippen molar-refractivity contribution in [2.45, 2.75) is 0 Å². The minimum atomic E-state index is 0.344. The maximum atomic E-state index is 8.90. The van der Waals surface area contributed by atoms with E-state index in [9.17, 15) is 0 Å². The number of methoxy groups -OCH3 is 1. The molecule has 0 saturated heterocycles. The Morgan fingerprint density at radius 2 is 1.74 bits per heavy atom. The molecule has 0 saturated carbocycles. The molecule has 0 radical (unpaired) electrons. The monoisotopic (exact) mass is 251 g/mol. The van der Waals surface area contributed by atoms with Crippen molar-refractivity contribution in [3.05, 3.63) is 47.7 Å². The number of benzene rings is 1. The van der Waals surface area contributed by atoms with Gasteiger partial charge in [0.1, 0.15) is 17.6 Å². The number of hydrogen-bond donors (Lipinski definition) is 0. The number of pyridine rings is 1. The summed E-state index contributed by atoms with van der Waals surface area (Å²) in [5, 5.41) is 17.6. The van der Waals surface area contributed by atoms with Crippen LogP contribution in [0.5, 0.6) is 17.4 Å². The summed E-state index contributed by atoms with van der Waals surface area (Å²) >= 11 is 0. The van der Waals surface area contributed by atoms with Crippen LogP contribution in [0.2, 0.25) is 0 Å². The van der Waals surface area contributed by atoms with E-state index in [0.717, 1.165) is 0 Å². The lowest BCUT2D eigenvalue weighted by molar-refractivity contribution is 0.407. The van der Waals surface area contributed by atoms with Crippen LogP contribution in [-0.4, -0.2) is 12.1 Å². The van der Waals surface area contributed by atoms with Crippen molar-refractivity contribution >= 4 is 0 Å². The molecule has 92 valence electrons. The van der Waals surface area contributed by atoms with Crippen molar-refractivity contribution < 1.29 is 9.47 Å². The van der Waals surface area contributed by atoms with Gasteiger partial charge in [0.25, 0.3) is 0 Å². The second-order valence-corrected chi connectivity index (χ2v) is 3.61. The predicted molar refractivity (Wildman–Crippen MR) is 66.7 cm³/mol. The quantitative estimate of drug-likeness (QED) is 0.837. The van der Waals surface area contributed by atoms with Gasteiger partial charge in [-0.25, -0.2) is 4.98 Å². The van der Waals surface area contributed by atoms with Crippen LogP contribution in [0.3, 0.4) is 0 Å². The summed E-state index contributed by atoms with van der Waals surface area (Å²) < 4.78 is 10.6. The first kappa shape index (κ1) is 12.4. The molecule has 19 heavy (non-hydrogen) atoms. The van der Waals surface area contributed by atoms with Gasteiger partial charge in [-0.05, 0) is 18.2 Å². The Balaban J connectivity index is 2.27. The molecule has 2 aromatic rings. The van der Waals surface area contributed by atoms with E-state index in [1.807, 2.05) is 12.1 Å². The van der Waals surface area contributed by atoms with Gasteiger partial charge >= 0.3 is 0 Å². The molecule has 1 heterocycles. The van der Waals surface area contributed by atoms with Gasteiger partial charge in [-0.3, -0.25) is 0 Å². The lowest BCUT2D eigenvalue weighted by Crippen LogP contribution is -1.91. The van der Waals surface area contributed by atoms with Crippen molar-refractivity contribution in [2.24, 2.45) is 0 Å². The summed E-state index contributed by atoms with van der Waals surface area (Å²) in [6.45, 7) is 0. The van der Waals surface area contributed by atoms with E-state index in [4.69, 9.17) is 20.0 Å². The van der Waals surface area contributed by atoms with Gasteiger partial charge < -0.3 is 9.47 Å². The number of rotatable bonds is 3. The first-order valence-electron chi connectivity index (χ1n) is 5.38. The van der Waals surface area contributed by atoms with E-state index >= 15 is 0 Å². The number of nitriles is 2. The van der Waals surface area contributed by atoms with Crippen molar-refractivity contribution in [2.75, 3.05) is 7.11 Å². The van der Waals surface area contributed by atoms with Crippen molar-refractivity contribution in [3.63, 3.8) is 0 Å². The highest BCUT2D eigenvalue weighted by molar-refractivity contribution is 5.45. The molecule has 1 aromatic carbocycles. The summed E-state index contributed by atoms with van der Waals surface area (Å²) in [7, 11) is 1.51. The summed E-state index contributed by atoms with van der Waals surface area (Å²) in [5.41, 5.74) is 0.888. The van der Waals surface area contributed by atoms with Gasteiger partial charge in [-0.1, -0.05) is 0 Å². The van der Waals surface area contributed by atoms with Crippen molar-refractivity contribution in [1.82, 2.24) is 4.98 Å². The highest BCUT2D eigenvalue weighted by atomic mass is 16.5.